The summed E-state index contributed by atoms with van der Waals surface area (Å²) in [6.07, 6.45) is 7.39. The van der Waals surface area contributed by atoms with Gasteiger partial charge in [0, 0.05) is 12.6 Å². The highest BCUT2D eigenvalue weighted by atomic mass is 16.3. The Labute approximate surface area is 111 Å². The Bertz CT molecular complexity index is 259. The van der Waals surface area contributed by atoms with E-state index < -0.39 is 0 Å². The maximum atomic E-state index is 10.1. The Kier molecular flexibility index (Phi) is 5.05. The van der Waals surface area contributed by atoms with Crippen molar-refractivity contribution in [2.24, 2.45) is 11.8 Å². The molecule has 0 aromatic rings. The van der Waals surface area contributed by atoms with E-state index in [2.05, 4.69) is 18.9 Å². The summed E-state index contributed by atoms with van der Waals surface area (Å²) in [6.45, 7) is 3.22. The first kappa shape index (κ1) is 14.3. The molecule has 2 aliphatic carbocycles. The molecule has 2 fully saturated rings. The van der Waals surface area contributed by atoms with E-state index >= 15 is 0 Å². The monoisotopic (exact) mass is 255 g/mol. The van der Waals surface area contributed by atoms with Crippen LogP contribution in [0.15, 0.2) is 0 Å². The van der Waals surface area contributed by atoms with Crippen LogP contribution in [0.3, 0.4) is 0 Å². The third-order valence-electron chi connectivity index (χ3n) is 4.99. The molecule has 106 valence electrons. The summed E-state index contributed by atoms with van der Waals surface area (Å²) >= 11 is 0. The van der Waals surface area contributed by atoms with E-state index in [1.807, 2.05) is 0 Å². The Morgan fingerprint density at radius 3 is 2.44 bits per heavy atom. The minimum atomic E-state index is -0.165. The Balaban J connectivity index is 1.87. The number of aliphatic hydroxyl groups excluding tert-OH is 2. The van der Waals surface area contributed by atoms with Gasteiger partial charge in [0.1, 0.15) is 0 Å². The molecule has 5 atom stereocenters. The second kappa shape index (κ2) is 6.36. The maximum absolute atomic E-state index is 10.1. The Morgan fingerprint density at radius 1 is 1.00 bits per heavy atom. The van der Waals surface area contributed by atoms with Crippen LogP contribution in [-0.2, 0) is 0 Å². The van der Waals surface area contributed by atoms with Crippen molar-refractivity contribution in [3.63, 3.8) is 0 Å². The second-order valence-corrected chi connectivity index (χ2v) is 6.60. The van der Waals surface area contributed by atoms with Crippen molar-refractivity contribution >= 4 is 0 Å². The van der Waals surface area contributed by atoms with Gasteiger partial charge < -0.3 is 15.1 Å². The summed E-state index contributed by atoms with van der Waals surface area (Å²) in [5.74, 6) is 1.14. The summed E-state index contributed by atoms with van der Waals surface area (Å²) in [5.41, 5.74) is 0. The lowest BCUT2D eigenvalue weighted by Crippen LogP contribution is -2.47. The molecule has 0 radical (unpaired) electrons. The SMILES string of the molecule is CC1CCC(O)C(CN(C)C2CCCCC2O)C1. The molecule has 2 rings (SSSR count). The highest BCUT2D eigenvalue weighted by molar-refractivity contribution is 4.85. The number of likely N-dealkylation sites (N-methyl/N-ethyl adjacent to an activating group) is 1. The fourth-order valence-corrected chi connectivity index (χ4v) is 3.79. The topological polar surface area (TPSA) is 43.7 Å². The fraction of sp³-hybridized carbons (Fsp3) is 1.00. The van der Waals surface area contributed by atoms with Crippen molar-refractivity contribution < 1.29 is 10.2 Å². The van der Waals surface area contributed by atoms with Crippen LogP contribution in [0, 0.1) is 11.8 Å². The fourth-order valence-electron chi connectivity index (χ4n) is 3.79. The van der Waals surface area contributed by atoms with E-state index in [0.29, 0.717) is 12.0 Å². The Morgan fingerprint density at radius 2 is 1.72 bits per heavy atom. The van der Waals surface area contributed by atoms with Crippen LogP contribution in [-0.4, -0.2) is 47.0 Å². The van der Waals surface area contributed by atoms with Crippen molar-refractivity contribution in [3.8, 4) is 0 Å². The lowest BCUT2D eigenvalue weighted by Gasteiger charge is -2.40. The molecule has 0 saturated heterocycles. The molecule has 0 heterocycles. The van der Waals surface area contributed by atoms with Crippen molar-refractivity contribution in [1.82, 2.24) is 4.90 Å². The molecule has 2 aliphatic rings. The third kappa shape index (κ3) is 3.46. The van der Waals surface area contributed by atoms with Gasteiger partial charge in [0.25, 0.3) is 0 Å². The molecule has 0 spiro atoms. The number of aliphatic hydroxyl groups is 2. The highest BCUT2D eigenvalue weighted by Gasteiger charge is 2.32. The molecule has 2 N–H and O–H groups in total. The average molecular weight is 255 g/mol. The zero-order chi connectivity index (χ0) is 13.1. The first-order valence-corrected chi connectivity index (χ1v) is 7.64. The smallest absolute Gasteiger partial charge is 0.0695 e. The third-order valence-corrected chi connectivity index (χ3v) is 4.99. The number of nitrogens with zero attached hydrogens (tertiary/aromatic N) is 1. The van der Waals surface area contributed by atoms with E-state index in [1.54, 1.807) is 0 Å². The zero-order valence-corrected chi connectivity index (χ0v) is 11.9. The predicted molar refractivity (Wildman–Crippen MR) is 73.4 cm³/mol. The highest BCUT2D eigenvalue weighted by Crippen LogP contribution is 2.31. The van der Waals surface area contributed by atoms with Crippen LogP contribution in [0.1, 0.15) is 51.9 Å². The quantitative estimate of drug-likeness (QED) is 0.811. The minimum absolute atomic E-state index is 0.135. The van der Waals surface area contributed by atoms with Crippen LogP contribution in [0.5, 0.6) is 0 Å². The second-order valence-electron chi connectivity index (χ2n) is 6.60. The van der Waals surface area contributed by atoms with Gasteiger partial charge in [0.05, 0.1) is 12.2 Å². The van der Waals surface area contributed by atoms with E-state index in [4.69, 9.17) is 0 Å². The van der Waals surface area contributed by atoms with Crippen LogP contribution in [0.25, 0.3) is 0 Å². The normalized spacial score (nSPS) is 42.2. The molecule has 0 aromatic heterocycles. The largest absolute Gasteiger partial charge is 0.393 e. The molecule has 0 amide bonds. The molecule has 18 heavy (non-hydrogen) atoms. The molecular weight excluding hydrogens is 226 g/mol. The van der Waals surface area contributed by atoms with E-state index in [9.17, 15) is 10.2 Å². The molecule has 0 aromatic carbocycles. The Hall–Kier alpha value is -0.120. The predicted octanol–water partition coefficient (Wildman–Crippen LogP) is 2.02. The zero-order valence-electron chi connectivity index (χ0n) is 11.9. The summed E-state index contributed by atoms with van der Waals surface area (Å²) in [4.78, 5) is 2.30. The van der Waals surface area contributed by atoms with Crippen molar-refractivity contribution in [2.75, 3.05) is 13.6 Å². The van der Waals surface area contributed by atoms with Crippen molar-refractivity contribution in [2.45, 2.75) is 70.1 Å². The van der Waals surface area contributed by atoms with Crippen LogP contribution < -0.4 is 0 Å². The standard InChI is InChI=1S/C15H29NO2/c1-11-7-8-14(17)12(9-11)10-16(2)13-5-3-4-6-15(13)18/h11-15,17-18H,3-10H2,1-2H3. The lowest BCUT2D eigenvalue weighted by molar-refractivity contribution is -0.00783. The van der Waals surface area contributed by atoms with Gasteiger partial charge >= 0.3 is 0 Å². The van der Waals surface area contributed by atoms with Gasteiger partial charge in [-0.3, -0.25) is 0 Å². The van der Waals surface area contributed by atoms with Gasteiger partial charge in [-0.05, 0) is 51.0 Å². The number of hydrogen-bond donors (Lipinski definition) is 2. The molecular formula is C15H29NO2. The van der Waals surface area contributed by atoms with Crippen LogP contribution >= 0.6 is 0 Å². The molecule has 5 unspecified atom stereocenters. The van der Waals surface area contributed by atoms with Crippen LogP contribution in [0.2, 0.25) is 0 Å². The van der Waals surface area contributed by atoms with E-state index in [0.717, 1.165) is 51.0 Å². The van der Waals surface area contributed by atoms with Crippen molar-refractivity contribution in [3.05, 3.63) is 0 Å². The number of hydrogen-bond acceptors (Lipinski definition) is 3. The van der Waals surface area contributed by atoms with Crippen LogP contribution in [0.4, 0.5) is 0 Å². The molecule has 2 saturated carbocycles. The molecule has 0 aliphatic heterocycles. The van der Waals surface area contributed by atoms with E-state index in [1.165, 1.54) is 6.42 Å². The first-order valence-electron chi connectivity index (χ1n) is 7.64. The summed E-state index contributed by atoms with van der Waals surface area (Å²) in [6, 6.07) is 0.309. The maximum Gasteiger partial charge on any atom is 0.0695 e. The van der Waals surface area contributed by atoms with Gasteiger partial charge in [-0.1, -0.05) is 19.8 Å². The minimum Gasteiger partial charge on any atom is -0.393 e. The summed E-state index contributed by atoms with van der Waals surface area (Å²) < 4.78 is 0. The van der Waals surface area contributed by atoms with Crippen molar-refractivity contribution in [1.29, 1.82) is 0 Å². The van der Waals surface area contributed by atoms with Gasteiger partial charge in [-0.15, -0.1) is 0 Å². The lowest BCUT2D eigenvalue weighted by atomic mass is 9.79. The summed E-state index contributed by atoms with van der Waals surface area (Å²) in [7, 11) is 2.12. The first-order chi connectivity index (χ1) is 8.58. The van der Waals surface area contributed by atoms with Gasteiger partial charge in [-0.2, -0.15) is 0 Å². The van der Waals surface area contributed by atoms with E-state index in [-0.39, 0.29) is 12.2 Å². The summed E-state index contributed by atoms with van der Waals surface area (Å²) in [5, 5.41) is 20.2. The van der Waals surface area contributed by atoms with Gasteiger partial charge in [0.15, 0.2) is 0 Å². The molecule has 0 bridgehead atoms. The van der Waals surface area contributed by atoms with Gasteiger partial charge in [-0.25, -0.2) is 0 Å². The molecule has 3 heteroatoms. The number of rotatable bonds is 3. The van der Waals surface area contributed by atoms with Gasteiger partial charge in [0.2, 0.25) is 0 Å². The average Bonchev–Trinajstić information content (AvgIpc) is 2.34. The molecule has 3 nitrogen and oxygen atoms in total.